The lowest BCUT2D eigenvalue weighted by Crippen LogP contribution is -1.76. The normalized spacial score (nSPS) is 10.9. The molecule has 0 radical (unpaired) electrons. The molecular weight excluding hydrogens is 194 g/mol. The first-order chi connectivity index (χ1) is 6.93. The zero-order valence-electron chi connectivity index (χ0n) is 7.27. The summed E-state index contributed by atoms with van der Waals surface area (Å²) in [6.07, 6.45) is 1.94. The average Bonchev–Trinajstić information content (AvgIpc) is 2.88. The number of hydrogen-bond acceptors (Lipinski definition) is 3. The first-order valence-corrected chi connectivity index (χ1v) is 5.15. The Labute approximate surface area is 84.4 Å². The number of fused-ring (bicyclic) bond motifs is 1. The second-order valence-corrected chi connectivity index (χ2v) is 3.86. The van der Waals surface area contributed by atoms with Crippen LogP contribution >= 0.6 is 11.3 Å². The van der Waals surface area contributed by atoms with Crippen molar-refractivity contribution in [3.63, 3.8) is 0 Å². The van der Waals surface area contributed by atoms with Gasteiger partial charge in [0.1, 0.15) is 10.5 Å². The highest BCUT2D eigenvalue weighted by atomic mass is 32.1. The van der Waals surface area contributed by atoms with Crippen LogP contribution in [-0.4, -0.2) is 15.2 Å². The number of rotatable bonds is 1. The van der Waals surface area contributed by atoms with E-state index in [1.807, 2.05) is 6.20 Å². The Morgan fingerprint density at radius 2 is 2.21 bits per heavy atom. The molecule has 1 aromatic carbocycles. The number of nitrogens with zero attached hydrogens (tertiary/aromatic N) is 2. The molecule has 0 amide bonds. The maximum absolute atomic E-state index is 4.04. The smallest absolute Gasteiger partial charge is 0.147 e. The molecule has 0 atom stereocenters. The maximum Gasteiger partial charge on any atom is 0.147 e. The van der Waals surface area contributed by atoms with Crippen LogP contribution in [0.4, 0.5) is 0 Å². The third kappa shape index (κ3) is 1.12. The highest BCUT2D eigenvalue weighted by molar-refractivity contribution is 7.12. The molecule has 3 nitrogen and oxygen atoms in total. The number of H-pyrrole nitrogens is 1. The van der Waals surface area contributed by atoms with E-state index in [9.17, 15) is 0 Å². The summed E-state index contributed by atoms with van der Waals surface area (Å²) in [6, 6.07) is 8.29. The third-order valence-corrected chi connectivity index (χ3v) is 2.90. The van der Waals surface area contributed by atoms with Gasteiger partial charge >= 0.3 is 0 Å². The lowest BCUT2D eigenvalue weighted by atomic mass is 10.2. The Bertz CT molecular complexity index is 554. The molecule has 0 aliphatic heterocycles. The molecule has 2 aromatic heterocycles. The Hall–Kier alpha value is -1.68. The summed E-state index contributed by atoms with van der Waals surface area (Å²) in [7, 11) is 0. The Kier molecular flexibility index (Phi) is 1.61. The molecule has 1 N–H and O–H groups in total. The van der Waals surface area contributed by atoms with E-state index < -0.39 is 0 Å². The van der Waals surface area contributed by atoms with Crippen molar-refractivity contribution in [3.05, 3.63) is 36.0 Å². The summed E-state index contributed by atoms with van der Waals surface area (Å²) in [6.45, 7) is 0. The molecule has 4 heteroatoms. The SMILES string of the molecule is c1cc2cc(-c3nncs3)ccc2[nH]1. The number of benzene rings is 1. The average molecular weight is 201 g/mol. The lowest BCUT2D eigenvalue weighted by Gasteiger charge is -1.95. The summed E-state index contributed by atoms with van der Waals surface area (Å²) in [4.78, 5) is 3.16. The van der Waals surface area contributed by atoms with Gasteiger partial charge in [-0.05, 0) is 24.3 Å². The van der Waals surface area contributed by atoms with E-state index in [4.69, 9.17) is 0 Å². The predicted octanol–water partition coefficient (Wildman–Crippen LogP) is 2.69. The minimum atomic E-state index is 0.966. The third-order valence-electron chi connectivity index (χ3n) is 2.16. The van der Waals surface area contributed by atoms with E-state index >= 15 is 0 Å². The van der Waals surface area contributed by atoms with Crippen molar-refractivity contribution in [2.75, 3.05) is 0 Å². The quantitative estimate of drug-likeness (QED) is 0.657. The molecule has 3 aromatic rings. The number of aromatic amines is 1. The monoisotopic (exact) mass is 201 g/mol. The van der Waals surface area contributed by atoms with E-state index in [1.54, 1.807) is 16.8 Å². The largest absolute Gasteiger partial charge is 0.361 e. The molecule has 0 unspecified atom stereocenters. The van der Waals surface area contributed by atoms with Crippen LogP contribution in [0.3, 0.4) is 0 Å². The van der Waals surface area contributed by atoms with E-state index in [1.165, 1.54) is 5.39 Å². The van der Waals surface area contributed by atoms with Crippen molar-refractivity contribution < 1.29 is 0 Å². The standard InChI is InChI=1S/C10H7N3S/c1-2-9-7(3-4-11-9)5-8(1)10-13-12-6-14-10/h1-6,11H. The maximum atomic E-state index is 4.04. The molecule has 0 saturated carbocycles. The van der Waals surface area contributed by atoms with E-state index in [-0.39, 0.29) is 0 Å². The lowest BCUT2D eigenvalue weighted by molar-refractivity contribution is 1.10. The Balaban J connectivity index is 2.23. The van der Waals surface area contributed by atoms with Gasteiger partial charge in [0.05, 0.1) is 0 Å². The zero-order valence-corrected chi connectivity index (χ0v) is 8.08. The van der Waals surface area contributed by atoms with Crippen LogP contribution in [0.1, 0.15) is 0 Å². The predicted molar refractivity (Wildman–Crippen MR) is 57.2 cm³/mol. The van der Waals surface area contributed by atoms with Gasteiger partial charge in [0.2, 0.25) is 0 Å². The van der Waals surface area contributed by atoms with Crippen molar-refractivity contribution in [1.82, 2.24) is 15.2 Å². The molecule has 3 rings (SSSR count). The number of hydrogen-bond donors (Lipinski definition) is 1. The first kappa shape index (κ1) is 7.70. The zero-order chi connectivity index (χ0) is 9.38. The minimum absolute atomic E-state index is 0.966. The first-order valence-electron chi connectivity index (χ1n) is 4.27. The van der Waals surface area contributed by atoms with Gasteiger partial charge in [0.25, 0.3) is 0 Å². The second kappa shape index (κ2) is 2.92. The van der Waals surface area contributed by atoms with Crippen LogP contribution in [0.15, 0.2) is 36.0 Å². The highest BCUT2D eigenvalue weighted by Crippen LogP contribution is 2.24. The molecule has 0 aliphatic carbocycles. The Morgan fingerprint density at radius 1 is 1.21 bits per heavy atom. The van der Waals surface area contributed by atoms with Gasteiger partial charge in [-0.25, -0.2) is 0 Å². The minimum Gasteiger partial charge on any atom is -0.361 e. The molecule has 0 fully saturated rings. The van der Waals surface area contributed by atoms with Crippen LogP contribution < -0.4 is 0 Å². The van der Waals surface area contributed by atoms with Crippen molar-refractivity contribution >= 4 is 22.2 Å². The van der Waals surface area contributed by atoms with Crippen molar-refractivity contribution in [3.8, 4) is 10.6 Å². The van der Waals surface area contributed by atoms with Crippen molar-refractivity contribution in [2.24, 2.45) is 0 Å². The van der Waals surface area contributed by atoms with Crippen molar-refractivity contribution in [2.45, 2.75) is 0 Å². The molecule has 0 spiro atoms. The topological polar surface area (TPSA) is 41.6 Å². The molecule has 0 bridgehead atoms. The van der Waals surface area contributed by atoms with Crippen molar-refractivity contribution in [1.29, 1.82) is 0 Å². The fraction of sp³-hybridized carbons (Fsp3) is 0. The van der Waals surface area contributed by atoms with Gasteiger partial charge in [0.15, 0.2) is 0 Å². The Morgan fingerprint density at radius 3 is 3.07 bits per heavy atom. The summed E-state index contributed by atoms with van der Waals surface area (Å²) in [5.74, 6) is 0. The molecule has 68 valence electrons. The van der Waals surface area contributed by atoms with Crippen LogP contribution in [0.25, 0.3) is 21.5 Å². The van der Waals surface area contributed by atoms with Gasteiger partial charge < -0.3 is 4.98 Å². The van der Waals surface area contributed by atoms with Gasteiger partial charge in [-0.3, -0.25) is 0 Å². The molecular formula is C10H7N3S. The van der Waals surface area contributed by atoms with Gasteiger partial charge in [-0.1, -0.05) is 11.3 Å². The highest BCUT2D eigenvalue weighted by Gasteiger charge is 2.02. The summed E-state index contributed by atoms with van der Waals surface area (Å²) in [5, 5.41) is 10.0. The van der Waals surface area contributed by atoms with Gasteiger partial charge in [-0.2, -0.15) is 0 Å². The van der Waals surface area contributed by atoms with E-state index in [0.29, 0.717) is 0 Å². The van der Waals surface area contributed by atoms with Gasteiger partial charge in [-0.15, -0.1) is 10.2 Å². The fourth-order valence-electron chi connectivity index (χ4n) is 1.49. The fourth-order valence-corrected chi connectivity index (χ4v) is 2.04. The molecule has 2 heterocycles. The van der Waals surface area contributed by atoms with Crippen LogP contribution in [0, 0.1) is 0 Å². The summed E-state index contributed by atoms with van der Waals surface area (Å²) < 4.78 is 0. The van der Waals surface area contributed by atoms with Crippen LogP contribution in [-0.2, 0) is 0 Å². The van der Waals surface area contributed by atoms with E-state index in [2.05, 4.69) is 39.4 Å². The van der Waals surface area contributed by atoms with Crippen LogP contribution in [0.2, 0.25) is 0 Å². The number of nitrogens with one attached hydrogen (secondary N) is 1. The van der Waals surface area contributed by atoms with Crippen LogP contribution in [0.5, 0.6) is 0 Å². The second-order valence-electron chi connectivity index (χ2n) is 3.02. The number of aromatic nitrogens is 3. The van der Waals surface area contributed by atoms with Gasteiger partial charge in [0, 0.05) is 22.7 Å². The molecule has 0 saturated heterocycles. The van der Waals surface area contributed by atoms with E-state index in [0.717, 1.165) is 16.1 Å². The molecule has 14 heavy (non-hydrogen) atoms. The molecule has 0 aliphatic rings. The summed E-state index contributed by atoms with van der Waals surface area (Å²) >= 11 is 1.55. The summed E-state index contributed by atoms with van der Waals surface area (Å²) in [5.41, 5.74) is 4.02.